The summed E-state index contributed by atoms with van der Waals surface area (Å²) in [6.45, 7) is 5.83. The van der Waals surface area contributed by atoms with Gasteiger partial charge in [-0.05, 0) is 31.0 Å². The molecule has 1 unspecified atom stereocenters. The van der Waals surface area contributed by atoms with E-state index in [4.69, 9.17) is 23.2 Å². The molecule has 21 heavy (non-hydrogen) atoms. The Bertz CT molecular complexity index is 618. The molecule has 1 aromatic rings. The predicted molar refractivity (Wildman–Crippen MR) is 84.1 cm³/mol. The third-order valence-electron chi connectivity index (χ3n) is 2.59. The Morgan fingerprint density at radius 1 is 1.24 bits per heavy atom. The van der Waals surface area contributed by atoms with E-state index in [1.165, 1.54) is 25.1 Å². The molecule has 5 nitrogen and oxygen atoms in total. The number of hydrogen-bond donors (Lipinski definition) is 2. The van der Waals surface area contributed by atoms with Crippen LogP contribution in [0.5, 0.6) is 0 Å². The highest BCUT2D eigenvalue weighted by molar-refractivity contribution is 7.89. The zero-order chi connectivity index (χ0) is 16.2. The highest BCUT2D eigenvalue weighted by Gasteiger charge is 2.24. The van der Waals surface area contributed by atoms with Crippen molar-refractivity contribution in [2.45, 2.75) is 31.7 Å². The fourth-order valence-corrected chi connectivity index (χ4v) is 3.46. The van der Waals surface area contributed by atoms with Crippen LogP contribution in [0.2, 0.25) is 10.0 Å². The van der Waals surface area contributed by atoms with E-state index in [0.717, 1.165) is 0 Å². The van der Waals surface area contributed by atoms with Gasteiger partial charge in [0.1, 0.15) is 4.90 Å². The molecule has 0 aromatic heterocycles. The molecule has 2 N–H and O–H groups in total. The van der Waals surface area contributed by atoms with Crippen LogP contribution < -0.4 is 10.0 Å². The number of rotatable bonds is 6. The van der Waals surface area contributed by atoms with Gasteiger partial charge in [-0.15, -0.1) is 0 Å². The highest BCUT2D eigenvalue weighted by atomic mass is 35.5. The Labute approximate surface area is 135 Å². The highest BCUT2D eigenvalue weighted by Crippen LogP contribution is 2.24. The van der Waals surface area contributed by atoms with Crippen LogP contribution >= 0.6 is 23.2 Å². The number of carbonyl (C=O) groups excluding carboxylic acids is 1. The summed E-state index contributed by atoms with van der Waals surface area (Å²) < 4.78 is 26.7. The van der Waals surface area contributed by atoms with E-state index in [0.29, 0.717) is 6.54 Å². The molecule has 0 fully saturated rings. The van der Waals surface area contributed by atoms with Crippen molar-refractivity contribution in [3.05, 3.63) is 28.2 Å². The van der Waals surface area contributed by atoms with Crippen LogP contribution in [0, 0.1) is 5.92 Å². The molecule has 8 heteroatoms. The van der Waals surface area contributed by atoms with Crippen LogP contribution in [-0.4, -0.2) is 26.9 Å². The molecule has 0 bridgehead atoms. The van der Waals surface area contributed by atoms with Crippen molar-refractivity contribution >= 4 is 39.1 Å². The minimum absolute atomic E-state index is 0.0432. The zero-order valence-corrected chi connectivity index (χ0v) is 14.3. The number of sulfonamides is 1. The molecule has 0 radical (unpaired) electrons. The van der Waals surface area contributed by atoms with Gasteiger partial charge in [-0.1, -0.05) is 37.0 Å². The minimum atomic E-state index is -3.92. The lowest BCUT2D eigenvalue weighted by Gasteiger charge is -2.16. The van der Waals surface area contributed by atoms with E-state index in [-0.39, 0.29) is 20.9 Å². The Hall–Kier alpha value is -0.820. The SMILES string of the molecule is CC(C)CNC(=O)C(C)NS(=O)(=O)c1cc(Cl)ccc1Cl. The lowest BCUT2D eigenvalue weighted by atomic mass is 10.2. The van der Waals surface area contributed by atoms with Gasteiger partial charge in [-0.25, -0.2) is 8.42 Å². The Kier molecular flexibility index (Phi) is 6.46. The molecule has 0 saturated heterocycles. The van der Waals surface area contributed by atoms with E-state index < -0.39 is 22.0 Å². The molecule has 1 rings (SSSR count). The van der Waals surface area contributed by atoms with Gasteiger partial charge < -0.3 is 5.32 Å². The van der Waals surface area contributed by atoms with Gasteiger partial charge in [0.05, 0.1) is 11.1 Å². The van der Waals surface area contributed by atoms with Crippen molar-refractivity contribution in [1.82, 2.24) is 10.0 Å². The van der Waals surface area contributed by atoms with Crippen molar-refractivity contribution in [1.29, 1.82) is 0 Å². The summed E-state index contributed by atoms with van der Waals surface area (Å²) in [5.41, 5.74) is 0. The second kappa shape index (κ2) is 7.45. The first kappa shape index (κ1) is 18.2. The van der Waals surface area contributed by atoms with Gasteiger partial charge in [-0.2, -0.15) is 4.72 Å². The summed E-state index contributed by atoms with van der Waals surface area (Å²) in [6, 6.07) is 3.21. The van der Waals surface area contributed by atoms with E-state index in [1.54, 1.807) is 0 Å². The first-order valence-electron chi connectivity index (χ1n) is 6.38. The molecular formula is C13H18Cl2N2O3S. The van der Waals surface area contributed by atoms with Crippen LogP contribution in [0.15, 0.2) is 23.1 Å². The van der Waals surface area contributed by atoms with Crippen molar-refractivity contribution in [3.8, 4) is 0 Å². The van der Waals surface area contributed by atoms with Gasteiger partial charge in [0.15, 0.2) is 0 Å². The minimum Gasteiger partial charge on any atom is -0.354 e. The predicted octanol–water partition coefficient (Wildman–Crippen LogP) is 2.43. The van der Waals surface area contributed by atoms with Crippen molar-refractivity contribution < 1.29 is 13.2 Å². The Morgan fingerprint density at radius 3 is 2.43 bits per heavy atom. The topological polar surface area (TPSA) is 75.3 Å². The average molecular weight is 353 g/mol. The molecule has 0 aliphatic heterocycles. The fraction of sp³-hybridized carbons (Fsp3) is 0.462. The number of hydrogen-bond acceptors (Lipinski definition) is 3. The number of nitrogens with one attached hydrogen (secondary N) is 2. The molecule has 0 saturated carbocycles. The monoisotopic (exact) mass is 352 g/mol. The smallest absolute Gasteiger partial charge is 0.242 e. The molecule has 118 valence electrons. The Morgan fingerprint density at radius 2 is 1.86 bits per heavy atom. The number of benzene rings is 1. The first-order valence-corrected chi connectivity index (χ1v) is 8.62. The summed E-state index contributed by atoms with van der Waals surface area (Å²) in [4.78, 5) is 11.7. The summed E-state index contributed by atoms with van der Waals surface area (Å²) in [5.74, 6) is -0.120. The molecule has 0 aliphatic rings. The van der Waals surface area contributed by atoms with Gasteiger partial charge in [-0.3, -0.25) is 4.79 Å². The van der Waals surface area contributed by atoms with E-state index >= 15 is 0 Å². The lowest BCUT2D eigenvalue weighted by Crippen LogP contribution is -2.45. The normalized spacial score (nSPS) is 13.2. The number of carbonyl (C=O) groups is 1. The van der Waals surface area contributed by atoms with Gasteiger partial charge in [0.25, 0.3) is 0 Å². The first-order chi connectivity index (χ1) is 9.63. The Balaban J connectivity index is 2.85. The second-order valence-corrected chi connectivity index (χ2v) is 7.58. The van der Waals surface area contributed by atoms with Crippen LogP contribution in [0.25, 0.3) is 0 Å². The van der Waals surface area contributed by atoms with Crippen molar-refractivity contribution in [2.75, 3.05) is 6.54 Å². The lowest BCUT2D eigenvalue weighted by molar-refractivity contribution is -0.122. The molecular weight excluding hydrogens is 335 g/mol. The third kappa shape index (κ3) is 5.47. The van der Waals surface area contributed by atoms with Crippen molar-refractivity contribution in [3.63, 3.8) is 0 Å². The molecule has 0 heterocycles. The van der Waals surface area contributed by atoms with Crippen molar-refractivity contribution in [2.24, 2.45) is 5.92 Å². The van der Waals surface area contributed by atoms with E-state index in [2.05, 4.69) is 10.0 Å². The van der Waals surface area contributed by atoms with Gasteiger partial charge in [0, 0.05) is 11.6 Å². The maximum atomic E-state index is 12.2. The largest absolute Gasteiger partial charge is 0.354 e. The van der Waals surface area contributed by atoms with Gasteiger partial charge in [0.2, 0.25) is 15.9 Å². The summed E-state index contributed by atoms with van der Waals surface area (Å²) in [5, 5.41) is 2.95. The van der Waals surface area contributed by atoms with Crippen LogP contribution in [-0.2, 0) is 14.8 Å². The molecule has 0 aliphatic carbocycles. The molecule has 0 spiro atoms. The quantitative estimate of drug-likeness (QED) is 0.825. The average Bonchev–Trinajstić information content (AvgIpc) is 2.37. The summed E-state index contributed by atoms with van der Waals surface area (Å²) in [6.07, 6.45) is 0. The number of halogens is 2. The van der Waals surface area contributed by atoms with Gasteiger partial charge >= 0.3 is 0 Å². The molecule has 1 aromatic carbocycles. The summed E-state index contributed by atoms with van der Waals surface area (Å²) >= 11 is 11.6. The standard InChI is InChI=1S/C13H18Cl2N2O3S/c1-8(2)7-16-13(18)9(3)17-21(19,20)12-6-10(14)4-5-11(12)15/h4-6,8-9,17H,7H2,1-3H3,(H,16,18). The maximum Gasteiger partial charge on any atom is 0.242 e. The van der Waals surface area contributed by atoms with E-state index in [9.17, 15) is 13.2 Å². The molecule has 1 atom stereocenters. The fourth-order valence-electron chi connectivity index (χ4n) is 1.49. The van der Waals surface area contributed by atoms with Crippen LogP contribution in [0.3, 0.4) is 0 Å². The second-order valence-electron chi connectivity index (χ2n) is 5.06. The number of amides is 1. The third-order valence-corrected chi connectivity index (χ3v) is 4.85. The van der Waals surface area contributed by atoms with Crippen LogP contribution in [0.4, 0.5) is 0 Å². The zero-order valence-electron chi connectivity index (χ0n) is 12.0. The van der Waals surface area contributed by atoms with E-state index in [1.807, 2.05) is 13.8 Å². The molecule has 1 amide bonds. The summed E-state index contributed by atoms with van der Waals surface area (Å²) in [7, 11) is -3.92. The van der Waals surface area contributed by atoms with Crippen LogP contribution in [0.1, 0.15) is 20.8 Å². The maximum absolute atomic E-state index is 12.2.